The fraction of sp³-hybridized carbons (Fsp3) is 0.500. The molecule has 0 fully saturated rings. The van der Waals surface area contributed by atoms with E-state index < -0.39 is 5.60 Å². The molecule has 16 heavy (non-hydrogen) atoms. The minimum absolute atomic E-state index is 0.0356. The lowest BCUT2D eigenvalue weighted by Crippen LogP contribution is -2.26. The number of ether oxygens (including phenoxy) is 2. The lowest BCUT2D eigenvalue weighted by Gasteiger charge is -2.19. The Kier molecular flexibility index (Phi) is 4.43. The number of esters is 1. The van der Waals surface area contributed by atoms with Crippen molar-refractivity contribution in [2.45, 2.75) is 33.0 Å². The summed E-state index contributed by atoms with van der Waals surface area (Å²) in [5, 5.41) is 0. The van der Waals surface area contributed by atoms with Crippen molar-refractivity contribution in [1.82, 2.24) is 4.98 Å². The first-order valence-corrected chi connectivity index (χ1v) is 5.16. The first-order valence-electron chi connectivity index (χ1n) is 5.16. The summed E-state index contributed by atoms with van der Waals surface area (Å²) in [4.78, 5) is 15.2. The highest BCUT2D eigenvalue weighted by Gasteiger charge is 2.15. The Labute approximate surface area is 95.6 Å². The number of pyridine rings is 1. The van der Waals surface area contributed by atoms with Gasteiger partial charge in [-0.1, -0.05) is 6.07 Å². The van der Waals surface area contributed by atoms with Gasteiger partial charge in [0, 0.05) is 12.4 Å². The second-order valence-electron chi connectivity index (χ2n) is 4.44. The molecule has 0 aliphatic heterocycles. The van der Waals surface area contributed by atoms with E-state index in [1.54, 1.807) is 12.4 Å². The van der Waals surface area contributed by atoms with Crippen LogP contribution in [0.3, 0.4) is 0 Å². The predicted octanol–water partition coefficient (Wildman–Crippen LogP) is 1.94. The van der Waals surface area contributed by atoms with Crippen LogP contribution in [0.1, 0.15) is 26.3 Å². The number of carbonyl (C=O) groups excluding carboxylic acids is 1. The van der Waals surface area contributed by atoms with Crippen molar-refractivity contribution in [3.63, 3.8) is 0 Å². The lowest BCUT2D eigenvalue weighted by molar-refractivity contribution is -0.160. The molecule has 0 radical (unpaired) electrons. The van der Waals surface area contributed by atoms with E-state index in [1.807, 2.05) is 32.9 Å². The van der Waals surface area contributed by atoms with Gasteiger partial charge in [0.05, 0.1) is 6.61 Å². The van der Waals surface area contributed by atoms with Crippen molar-refractivity contribution in [2.75, 3.05) is 6.61 Å². The minimum Gasteiger partial charge on any atom is -0.458 e. The van der Waals surface area contributed by atoms with Gasteiger partial charge >= 0.3 is 5.97 Å². The fourth-order valence-corrected chi connectivity index (χ4v) is 1.11. The zero-order chi connectivity index (χ0) is 12.0. The van der Waals surface area contributed by atoms with E-state index in [0.717, 1.165) is 5.56 Å². The first-order chi connectivity index (χ1) is 7.47. The monoisotopic (exact) mass is 223 g/mol. The molecule has 4 heteroatoms. The van der Waals surface area contributed by atoms with Crippen molar-refractivity contribution in [2.24, 2.45) is 0 Å². The Bertz CT molecular complexity index is 330. The van der Waals surface area contributed by atoms with E-state index in [9.17, 15) is 4.79 Å². The SMILES string of the molecule is CC(C)(C)OC(=O)COCc1cccnc1. The second kappa shape index (κ2) is 5.61. The molecule has 0 bridgehead atoms. The fourth-order valence-electron chi connectivity index (χ4n) is 1.11. The molecule has 1 aromatic heterocycles. The molecule has 0 saturated carbocycles. The summed E-state index contributed by atoms with van der Waals surface area (Å²) in [5.41, 5.74) is 0.473. The topological polar surface area (TPSA) is 48.4 Å². The summed E-state index contributed by atoms with van der Waals surface area (Å²) in [5.74, 6) is -0.351. The van der Waals surface area contributed by atoms with Gasteiger partial charge < -0.3 is 9.47 Å². The number of aromatic nitrogens is 1. The highest BCUT2D eigenvalue weighted by atomic mass is 16.6. The molecule has 0 unspecified atom stereocenters. The number of hydrogen-bond donors (Lipinski definition) is 0. The molecule has 4 nitrogen and oxygen atoms in total. The molecular formula is C12H17NO3. The molecule has 1 rings (SSSR count). The molecule has 0 aromatic carbocycles. The van der Waals surface area contributed by atoms with E-state index in [0.29, 0.717) is 6.61 Å². The van der Waals surface area contributed by atoms with Crippen LogP contribution >= 0.6 is 0 Å². The largest absolute Gasteiger partial charge is 0.458 e. The average Bonchev–Trinajstić information content (AvgIpc) is 2.16. The van der Waals surface area contributed by atoms with Gasteiger partial charge in [-0.2, -0.15) is 0 Å². The molecule has 0 atom stereocenters. The van der Waals surface area contributed by atoms with Crippen LogP contribution in [0.15, 0.2) is 24.5 Å². The van der Waals surface area contributed by atoms with Crippen LogP contribution in [0, 0.1) is 0 Å². The number of hydrogen-bond acceptors (Lipinski definition) is 4. The summed E-state index contributed by atoms with van der Waals surface area (Å²) in [7, 11) is 0. The standard InChI is InChI=1S/C12H17NO3/c1-12(2,3)16-11(14)9-15-8-10-5-4-6-13-7-10/h4-7H,8-9H2,1-3H3. The van der Waals surface area contributed by atoms with E-state index >= 15 is 0 Å². The summed E-state index contributed by atoms with van der Waals surface area (Å²) >= 11 is 0. The summed E-state index contributed by atoms with van der Waals surface area (Å²) in [6.45, 7) is 5.81. The summed E-state index contributed by atoms with van der Waals surface area (Å²) < 4.78 is 10.3. The summed E-state index contributed by atoms with van der Waals surface area (Å²) in [6.07, 6.45) is 3.40. The average molecular weight is 223 g/mol. The maximum absolute atomic E-state index is 11.3. The lowest BCUT2D eigenvalue weighted by atomic mass is 10.2. The highest BCUT2D eigenvalue weighted by molar-refractivity contribution is 5.71. The van der Waals surface area contributed by atoms with Crippen molar-refractivity contribution in [3.8, 4) is 0 Å². The quantitative estimate of drug-likeness (QED) is 0.732. The summed E-state index contributed by atoms with van der Waals surface area (Å²) in [6, 6.07) is 3.72. The molecule has 1 heterocycles. The van der Waals surface area contributed by atoms with E-state index in [4.69, 9.17) is 9.47 Å². The van der Waals surface area contributed by atoms with Gasteiger partial charge in [-0.15, -0.1) is 0 Å². The molecule has 0 spiro atoms. The van der Waals surface area contributed by atoms with Gasteiger partial charge in [-0.3, -0.25) is 4.98 Å². The smallest absolute Gasteiger partial charge is 0.332 e. The second-order valence-corrected chi connectivity index (χ2v) is 4.44. The van der Waals surface area contributed by atoms with E-state index in [-0.39, 0.29) is 12.6 Å². The molecule has 1 aromatic rings. The van der Waals surface area contributed by atoms with Crippen molar-refractivity contribution in [3.05, 3.63) is 30.1 Å². The van der Waals surface area contributed by atoms with Crippen LogP contribution in [-0.2, 0) is 20.9 Å². The Morgan fingerprint density at radius 1 is 1.44 bits per heavy atom. The zero-order valence-corrected chi connectivity index (χ0v) is 9.90. The van der Waals surface area contributed by atoms with E-state index in [1.165, 1.54) is 0 Å². The maximum atomic E-state index is 11.3. The van der Waals surface area contributed by atoms with Crippen LogP contribution in [0.25, 0.3) is 0 Å². The molecule has 0 aliphatic rings. The van der Waals surface area contributed by atoms with Crippen LogP contribution in [-0.4, -0.2) is 23.2 Å². The van der Waals surface area contributed by atoms with Gasteiger partial charge in [-0.25, -0.2) is 4.79 Å². The Hall–Kier alpha value is -1.42. The zero-order valence-electron chi connectivity index (χ0n) is 9.90. The van der Waals surface area contributed by atoms with Gasteiger partial charge in [-0.05, 0) is 32.4 Å². The van der Waals surface area contributed by atoms with Gasteiger partial charge in [0.25, 0.3) is 0 Å². The third-order valence-electron chi connectivity index (χ3n) is 1.63. The minimum atomic E-state index is -0.464. The van der Waals surface area contributed by atoms with Gasteiger partial charge in [0.2, 0.25) is 0 Å². The van der Waals surface area contributed by atoms with Gasteiger partial charge in [0.1, 0.15) is 12.2 Å². The molecule has 0 saturated heterocycles. The third kappa shape index (κ3) is 5.46. The number of nitrogens with zero attached hydrogens (tertiary/aromatic N) is 1. The predicted molar refractivity (Wildman–Crippen MR) is 59.7 cm³/mol. The number of rotatable bonds is 4. The van der Waals surface area contributed by atoms with Crippen LogP contribution < -0.4 is 0 Å². The molecule has 88 valence electrons. The van der Waals surface area contributed by atoms with Crippen LogP contribution in [0.2, 0.25) is 0 Å². The molecule has 0 aliphatic carbocycles. The Morgan fingerprint density at radius 3 is 2.75 bits per heavy atom. The van der Waals surface area contributed by atoms with Crippen molar-refractivity contribution < 1.29 is 14.3 Å². The maximum Gasteiger partial charge on any atom is 0.332 e. The van der Waals surface area contributed by atoms with Crippen LogP contribution in [0.5, 0.6) is 0 Å². The van der Waals surface area contributed by atoms with Crippen molar-refractivity contribution >= 4 is 5.97 Å². The van der Waals surface area contributed by atoms with Crippen LogP contribution in [0.4, 0.5) is 0 Å². The highest BCUT2D eigenvalue weighted by Crippen LogP contribution is 2.07. The van der Waals surface area contributed by atoms with Gasteiger partial charge in [0.15, 0.2) is 0 Å². The first kappa shape index (κ1) is 12.6. The normalized spacial score (nSPS) is 11.2. The van der Waals surface area contributed by atoms with E-state index in [2.05, 4.69) is 4.98 Å². The number of carbonyl (C=O) groups is 1. The molecular weight excluding hydrogens is 206 g/mol. The Balaban J connectivity index is 2.24. The molecule has 0 N–H and O–H groups in total. The Morgan fingerprint density at radius 2 is 2.19 bits per heavy atom. The molecule has 0 amide bonds. The van der Waals surface area contributed by atoms with Crippen molar-refractivity contribution in [1.29, 1.82) is 0 Å². The third-order valence-corrected chi connectivity index (χ3v) is 1.63.